The fourth-order valence-corrected chi connectivity index (χ4v) is 2.95. The molecule has 1 atom stereocenters. The van der Waals surface area contributed by atoms with Gasteiger partial charge in [-0.2, -0.15) is 0 Å². The summed E-state index contributed by atoms with van der Waals surface area (Å²) < 4.78 is 4.89. The molecule has 1 aliphatic rings. The number of hydrogen-bond donors (Lipinski definition) is 2. The van der Waals surface area contributed by atoms with Gasteiger partial charge in [-0.05, 0) is 36.6 Å². The number of nitrogens with zero attached hydrogens (tertiary/aromatic N) is 1. The summed E-state index contributed by atoms with van der Waals surface area (Å²) in [6.45, 7) is 5.77. The minimum atomic E-state index is -0.771. The average molecular weight is 327 g/mol. The predicted octanol–water partition coefficient (Wildman–Crippen LogP) is 2.44. The van der Waals surface area contributed by atoms with E-state index >= 15 is 0 Å². The van der Waals surface area contributed by atoms with Gasteiger partial charge in [0.25, 0.3) is 5.91 Å². The van der Waals surface area contributed by atoms with Crippen molar-refractivity contribution < 1.29 is 14.3 Å². The first-order chi connectivity index (χ1) is 11.4. The average Bonchev–Trinajstić information content (AvgIpc) is 3.12. The van der Waals surface area contributed by atoms with Crippen LogP contribution in [0.1, 0.15) is 36.7 Å². The molecule has 1 aromatic heterocycles. The number of carbonyl (C=O) groups is 2. The van der Waals surface area contributed by atoms with Crippen molar-refractivity contribution in [1.29, 1.82) is 0 Å². The first-order valence-corrected chi connectivity index (χ1v) is 7.94. The number of aromatic nitrogens is 1. The van der Waals surface area contributed by atoms with Crippen LogP contribution in [0.3, 0.4) is 0 Å². The quantitative estimate of drug-likeness (QED) is 0.846. The molecule has 1 aromatic carbocycles. The van der Waals surface area contributed by atoms with Crippen LogP contribution in [-0.4, -0.2) is 35.3 Å². The SMILES string of the molecule is COC(=O)c1ccc2[nH]ccc2c1CC1=NC(C)(C(C)C)C(=O)N1. The molecule has 0 radical (unpaired) electrons. The van der Waals surface area contributed by atoms with Crippen molar-refractivity contribution in [3.63, 3.8) is 0 Å². The van der Waals surface area contributed by atoms with Gasteiger partial charge in [-0.3, -0.25) is 9.79 Å². The molecule has 3 rings (SSSR count). The second kappa shape index (κ2) is 5.78. The molecule has 2 aromatic rings. The lowest BCUT2D eigenvalue weighted by Crippen LogP contribution is -2.41. The first-order valence-electron chi connectivity index (χ1n) is 7.94. The molecule has 1 amide bonds. The van der Waals surface area contributed by atoms with E-state index in [1.807, 2.05) is 39.1 Å². The smallest absolute Gasteiger partial charge is 0.338 e. The standard InChI is InChI=1S/C18H21N3O3/c1-10(2)18(3)17(23)20-15(21-18)9-13-11-7-8-19-14(11)6-5-12(13)16(22)24-4/h5-8,10,19H,9H2,1-4H3,(H,20,21,23). The summed E-state index contributed by atoms with van der Waals surface area (Å²) in [5.74, 6) is 0.159. The Labute approximate surface area is 140 Å². The van der Waals surface area contributed by atoms with Crippen LogP contribution in [0.15, 0.2) is 29.4 Å². The fourth-order valence-electron chi connectivity index (χ4n) is 2.95. The highest BCUT2D eigenvalue weighted by molar-refractivity contribution is 6.10. The molecule has 0 saturated carbocycles. The summed E-state index contributed by atoms with van der Waals surface area (Å²) in [6, 6.07) is 5.49. The molecule has 0 spiro atoms. The molecule has 2 N–H and O–H groups in total. The van der Waals surface area contributed by atoms with E-state index in [1.165, 1.54) is 7.11 Å². The van der Waals surface area contributed by atoms with Gasteiger partial charge in [-0.25, -0.2) is 4.79 Å². The molecule has 0 bridgehead atoms. The van der Waals surface area contributed by atoms with Crippen molar-refractivity contribution >= 4 is 28.6 Å². The van der Waals surface area contributed by atoms with Crippen LogP contribution >= 0.6 is 0 Å². The number of fused-ring (bicyclic) bond motifs is 1. The van der Waals surface area contributed by atoms with E-state index in [0.29, 0.717) is 17.8 Å². The molecule has 6 heteroatoms. The van der Waals surface area contributed by atoms with E-state index in [1.54, 1.807) is 6.07 Å². The molecular weight excluding hydrogens is 306 g/mol. The Bertz CT molecular complexity index is 850. The number of nitrogens with one attached hydrogen (secondary N) is 2. The van der Waals surface area contributed by atoms with Gasteiger partial charge in [0.1, 0.15) is 11.4 Å². The Balaban J connectivity index is 2.05. The number of aliphatic imine (C=N–C) groups is 1. The Hall–Kier alpha value is -2.63. The molecule has 2 heterocycles. The number of amides is 1. The molecule has 0 aliphatic carbocycles. The summed E-state index contributed by atoms with van der Waals surface area (Å²) in [4.78, 5) is 32.2. The number of amidine groups is 1. The number of hydrogen-bond acceptors (Lipinski definition) is 4. The van der Waals surface area contributed by atoms with Gasteiger partial charge >= 0.3 is 5.97 Å². The highest BCUT2D eigenvalue weighted by Gasteiger charge is 2.41. The summed E-state index contributed by atoms with van der Waals surface area (Å²) >= 11 is 0. The minimum absolute atomic E-state index is 0.0816. The molecular formula is C18H21N3O3. The van der Waals surface area contributed by atoms with Crippen LogP contribution < -0.4 is 5.32 Å². The molecule has 24 heavy (non-hydrogen) atoms. The lowest BCUT2D eigenvalue weighted by Gasteiger charge is -2.21. The van der Waals surface area contributed by atoms with E-state index in [-0.39, 0.29) is 11.8 Å². The number of rotatable bonds is 4. The molecule has 0 saturated heterocycles. The van der Waals surface area contributed by atoms with Gasteiger partial charge in [0, 0.05) is 23.5 Å². The highest BCUT2D eigenvalue weighted by atomic mass is 16.5. The first kappa shape index (κ1) is 16.2. The van der Waals surface area contributed by atoms with Crippen molar-refractivity contribution in [1.82, 2.24) is 10.3 Å². The molecule has 0 fully saturated rings. The Morgan fingerprint density at radius 1 is 1.33 bits per heavy atom. The third-order valence-electron chi connectivity index (χ3n) is 4.80. The Morgan fingerprint density at radius 2 is 2.08 bits per heavy atom. The summed E-state index contributed by atoms with van der Waals surface area (Å²) in [7, 11) is 1.36. The Morgan fingerprint density at radius 3 is 2.71 bits per heavy atom. The number of esters is 1. The van der Waals surface area contributed by atoms with Gasteiger partial charge in [0.15, 0.2) is 0 Å². The zero-order valence-corrected chi connectivity index (χ0v) is 14.3. The third-order valence-corrected chi connectivity index (χ3v) is 4.80. The lowest BCUT2D eigenvalue weighted by atomic mass is 9.89. The monoisotopic (exact) mass is 327 g/mol. The van der Waals surface area contributed by atoms with Crippen LogP contribution in [0, 0.1) is 5.92 Å². The Kier molecular flexibility index (Phi) is 3.91. The van der Waals surface area contributed by atoms with E-state index in [0.717, 1.165) is 16.5 Å². The number of ether oxygens (including phenoxy) is 1. The summed E-state index contributed by atoms with van der Waals surface area (Å²) in [5.41, 5.74) is 1.44. The van der Waals surface area contributed by atoms with E-state index < -0.39 is 11.5 Å². The van der Waals surface area contributed by atoms with E-state index in [9.17, 15) is 9.59 Å². The highest BCUT2D eigenvalue weighted by Crippen LogP contribution is 2.28. The van der Waals surface area contributed by atoms with E-state index in [2.05, 4.69) is 15.3 Å². The third kappa shape index (κ3) is 2.48. The van der Waals surface area contributed by atoms with Crippen molar-refractivity contribution in [2.24, 2.45) is 10.9 Å². The second-order valence-electron chi connectivity index (χ2n) is 6.51. The molecule has 1 aliphatic heterocycles. The van der Waals surface area contributed by atoms with Gasteiger partial charge in [0.2, 0.25) is 0 Å². The zero-order chi connectivity index (χ0) is 17.5. The molecule has 126 valence electrons. The van der Waals surface area contributed by atoms with Crippen molar-refractivity contribution in [2.75, 3.05) is 7.11 Å². The molecule has 1 unspecified atom stereocenters. The van der Waals surface area contributed by atoms with Crippen molar-refractivity contribution in [3.8, 4) is 0 Å². The summed E-state index contributed by atoms with van der Waals surface area (Å²) in [5, 5.41) is 3.79. The maximum Gasteiger partial charge on any atom is 0.338 e. The predicted molar refractivity (Wildman–Crippen MR) is 92.2 cm³/mol. The van der Waals surface area contributed by atoms with Crippen LogP contribution in [0.25, 0.3) is 10.9 Å². The van der Waals surface area contributed by atoms with Crippen molar-refractivity contribution in [3.05, 3.63) is 35.5 Å². The van der Waals surface area contributed by atoms with Crippen LogP contribution in [0.2, 0.25) is 0 Å². The maximum absolute atomic E-state index is 12.3. The zero-order valence-electron chi connectivity index (χ0n) is 14.3. The topological polar surface area (TPSA) is 83.6 Å². The van der Waals surface area contributed by atoms with Gasteiger partial charge in [-0.1, -0.05) is 13.8 Å². The van der Waals surface area contributed by atoms with E-state index in [4.69, 9.17) is 4.74 Å². The van der Waals surface area contributed by atoms with Gasteiger partial charge in [-0.15, -0.1) is 0 Å². The number of H-pyrrole nitrogens is 1. The second-order valence-corrected chi connectivity index (χ2v) is 6.51. The molecule has 6 nitrogen and oxygen atoms in total. The van der Waals surface area contributed by atoms with Gasteiger partial charge < -0.3 is 15.0 Å². The minimum Gasteiger partial charge on any atom is -0.465 e. The maximum atomic E-state index is 12.3. The number of benzene rings is 1. The summed E-state index contributed by atoms with van der Waals surface area (Å²) in [6.07, 6.45) is 2.19. The largest absolute Gasteiger partial charge is 0.465 e. The van der Waals surface area contributed by atoms with Crippen LogP contribution in [-0.2, 0) is 16.0 Å². The number of carbonyl (C=O) groups excluding carboxylic acids is 2. The normalized spacial score (nSPS) is 20.4. The van der Waals surface area contributed by atoms with Crippen molar-refractivity contribution in [2.45, 2.75) is 32.7 Å². The lowest BCUT2D eigenvalue weighted by molar-refractivity contribution is -0.124. The number of methoxy groups -OCH3 is 1. The van der Waals surface area contributed by atoms with Crippen LogP contribution in [0.4, 0.5) is 0 Å². The van der Waals surface area contributed by atoms with Crippen LogP contribution in [0.5, 0.6) is 0 Å². The fraction of sp³-hybridized carbons (Fsp3) is 0.389. The van der Waals surface area contributed by atoms with Gasteiger partial charge in [0.05, 0.1) is 12.7 Å². The number of aromatic amines is 1.